The molecule has 0 bridgehead atoms. The first kappa shape index (κ1) is 17.3. The highest BCUT2D eigenvalue weighted by Gasteiger charge is 1.99. The average Bonchev–Trinajstić information content (AvgIpc) is 2.42. The predicted octanol–water partition coefficient (Wildman–Crippen LogP) is 4.49. The molecular weight excluding hydrogens is 260 g/mol. The number of nitrogens with zero attached hydrogens (tertiary/aromatic N) is 1. The van der Waals surface area contributed by atoms with Crippen molar-refractivity contribution in [3.05, 3.63) is 47.6 Å². The highest BCUT2D eigenvalue weighted by molar-refractivity contribution is 6.32. The average molecular weight is 281 g/mol. The molecule has 0 aliphatic heterocycles. The molecule has 0 spiro atoms. The molecule has 0 aliphatic carbocycles. The van der Waals surface area contributed by atoms with Gasteiger partial charge in [0.2, 0.25) is 0 Å². The lowest BCUT2D eigenvalue weighted by Gasteiger charge is -2.05. The first-order valence-corrected chi connectivity index (χ1v) is 6.59. The Balaban J connectivity index is 0.00000154. The van der Waals surface area contributed by atoms with E-state index in [4.69, 9.17) is 22.1 Å². The van der Waals surface area contributed by atoms with Crippen molar-refractivity contribution in [2.24, 2.45) is 4.99 Å². The number of hydrogen-bond acceptors (Lipinski definition) is 3. The highest BCUT2D eigenvalue weighted by Crippen LogP contribution is 2.26. The lowest BCUT2D eigenvalue weighted by Crippen LogP contribution is -1.94. The van der Waals surface area contributed by atoms with Crippen LogP contribution >= 0.6 is 11.6 Å². The summed E-state index contributed by atoms with van der Waals surface area (Å²) in [6, 6.07) is 5.15. The van der Waals surface area contributed by atoms with Gasteiger partial charge in [-0.05, 0) is 37.3 Å². The Labute approximate surface area is 120 Å². The van der Waals surface area contributed by atoms with Crippen LogP contribution in [0.15, 0.2) is 47.6 Å². The molecule has 0 radical (unpaired) electrons. The minimum Gasteiger partial charge on any atom is -0.488 e. The van der Waals surface area contributed by atoms with Gasteiger partial charge in [-0.15, -0.1) is 0 Å². The van der Waals surface area contributed by atoms with Crippen LogP contribution in [0.5, 0.6) is 5.75 Å². The second-order valence-corrected chi connectivity index (χ2v) is 3.62. The van der Waals surface area contributed by atoms with E-state index in [-0.39, 0.29) is 0 Å². The summed E-state index contributed by atoms with van der Waals surface area (Å²) in [6.45, 7) is 6.35. The summed E-state index contributed by atoms with van der Waals surface area (Å²) in [5.41, 5.74) is 6.19. The van der Waals surface area contributed by atoms with Gasteiger partial charge < -0.3 is 10.5 Å². The number of ether oxygens (including phenoxy) is 1. The van der Waals surface area contributed by atoms with Gasteiger partial charge in [0.25, 0.3) is 0 Å². The monoisotopic (exact) mass is 280 g/mol. The maximum atomic E-state index is 5.94. The van der Waals surface area contributed by atoms with Gasteiger partial charge in [0.05, 0.1) is 5.02 Å². The molecule has 0 saturated heterocycles. The number of rotatable bonds is 5. The Morgan fingerprint density at radius 2 is 2.11 bits per heavy atom. The molecule has 3 nitrogen and oxygen atoms in total. The number of nitrogens with two attached hydrogens (primary N) is 1. The van der Waals surface area contributed by atoms with Crippen LogP contribution in [-0.4, -0.2) is 12.8 Å². The van der Waals surface area contributed by atoms with Crippen LogP contribution in [0.3, 0.4) is 0 Å². The van der Waals surface area contributed by atoms with Crippen molar-refractivity contribution < 1.29 is 4.74 Å². The van der Waals surface area contributed by atoms with E-state index in [9.17, 15) is 0 Å². The summed E-state index contributed by atoms with van der Waals surface area (Å²) in [5, 5.41) is 0.510. The molecule has 0 saturated carbocycles. The predicted molar refractivity (Wildman–Crippen MR) is 85.2 cm³/mol. The van der Waals surface area contributed by atoms with E-state index in [0.29, 0.717) is 23.1 Å². The van der Waals surface area contributed by atoms with Crippen molar-refractivity contribution in [1.29, 1.82) is 0 Å². The van der Waals surface area contributed by atoms with Crippen LogP contribution < -0.4 is 10.5 Å². The summed E-state index contributed by atoms with van der Waals surface area (Å²) in [5.74, 6) is 0.614. The molecule has 19 heavy (non-hydrogen) atoms. The van der Waals surface area contributed by atoms with Crippen molar-refractivity contribution in [2.75, 3.05) is 12.3 Å². The highest BCUT2D eigenvalue weighted by atomic mass is 35.5. The number of hydrogen-bond donors (Lipinski definition) is 1. The van der Waals surface area contributed by atoms with Gasteiger partial charge in [-0.25, -0.2) is 0 Å². The Morgan fingerprint density at radius 3 is 2.74 bits per heavy atom. The lowest BCUT2D eigenvalue weighted by atomic mass is 10.3. The first-order valence-electron chi connectivity index (χ1n) is 6.21. The number of benzene rings is 1. The Bertz CT molecular complexity index is 440. The second kappa shape index (κ2) is 11.4. The number of halogens is 1. The third kappa shape index (κ3) is 8.06. The molecule has 2 N–H and O–H groups in total. The summed E-state index contributed by atoms with van der Waals surface area (Å²) < 4.78 is 5.43. The van der Waals surface area contributed by atoms with E-state index in [1.807, 2.05) is 32.9 Å². The molecule has 1 aromatic rings. The molecule has 0 unspecified atom stereocenters. The van der Waals surface area contributed by atoms with Gasteiger partial charge in [-0.1, -0.05) is 31.5 Å². The topological polar surface area (TPSA) is 47.6 Å². The fourth-order valence-electron chi connectivity index (χ4n) is 1.06. The van der Waals surface area contributed by atoms with E-state index in [0.717, 1.165) is 0 Å². The van der Waals surface area contributed by atoms with E-state index in [1.165, 1.54) is 0 Å². The number of anilines is 1. The van der Waals surface area contributed by atoms with E-state index in [2.05, 4.69) is 4.99 Å². The standard InChI is InChI=1S/C13H15ClN2O.C2H6/c1-2-3-7-16-8-4-9-17-13-6-5-11(15)10-12(13)14;1-2/h2-8,10H,9,15H2,1H3;1-2H3/b3-2-,8-4+,16-7-;. The number of nitrogen functional groups attached to an aromatic ring is 1. The van der Waals surface area contributed by atoms with Crippen LogP contribution in [0.4, 0.5) is 5.69 Å². The quantitative estimate of drug-likeness (QED) is 0.638. The zero-order chi connectivity index (χ0) is 14.5. The van der Waals surface area contributed by atoms with E-state index >= 15 is 0 Å². The van der Waals surface area contributed by atoms with Gasteiger partial charge >= 0.3 is 0 Å². The molecule has 104 valence electrons. The maximum absolute atomic E-state index is 5.94. The molecule has 0 amide bonds. The maximum Gasteiger partial charge on any atom is 0.138 e. The fourth-order valence-corrected chi connectivity index (χ4v) is 1.30. The van der Waals surface area contributed by atoms with Crippen LogP contribution in [-0.2, 0) is 0 Å². The Morgan fingerprint density at radius 1 is 1.37 bits per heavy atom. The molecule has 0 aliphatic rings. The van der Waals surface area contributed by atoms with Crippen LogP contribution in [0.25, 0.3) is 0 Å². The molecule has 1 aromatic carbocycles. The molecule has 1 rings (SSSR count). The van der Waals surface area contributed by atoms with Crippen LogP contribution in [0.2, 0.25) is 5.02 Å². The van der Waals surface area contributed by atoms with Crippen LogP contribution in [0, 0.1) is 0 Å². The minimum absolute atomic E-state index is 0.414. The summed E-state index contributed by atoms with van der Waals surface area (Å²) in [6.07, 6.45) is 8.93. The van der Waals surface area contributed by atoms with Crippen molar-refractivity contribution in [3.63, 3.8) is 0 Å². The van der Waals surface area contributed by atoms with E-state index in [1.54, 1.807) is 36.7 Å². The largest absolute Gasteiger partial charge is 0.488 e. The van der Waals surface area contributed by atoms with Crippen LogP contribution in [0.1, 0.15) is 20.8 Å². The van der Waals surface area contributed by atoms with Gasteiger partial charge in [0.1, 0.15) is 12.4 Å². The first-order chi connectivity index (χ1) is 9.24. The Kier molecular flexibility index (Phi) is 10.3. The zero-order valence-electron chi connectivity index (χ0n) is 11.6. The number of allylic oxidation sites excluding steroid dienone is 2. The van der Waals surface area contributed by atoms with Gasteiger partial charge in [0.15, 0.2) is 0 Å². The molecule has 4 heteroatoms. The molecule has 0 heterocycles. The smallest absolute Gasteiger partial charge is 0.138 e. The second-order valence-electron chi connectivity index (χ2n) is 3.21. The van der Waals surface area contributed by atoms with Gasteiger partial charge in [-0.2, -0.15) is 0 Å². The van der Waals surface area contributed by atoms with E-state index < -0.39 is 0 Å². The lowest BCUT2D eigenvalue weighted by molar-refractivity contribution is 0.363. The SMILES string of the molecule is CC.C\C=C/C=N\C=C\COc1ccc(N)cc1Cl. The van der Waals surface area contributed by atoms with Gasteiger partial charge in [-0.3, -0.25) is 4.99 Å². The normalized spacial score (nSPS) is 10.9. The van der Waals surface area contributed by atoms with Gasteiger partial charge in [0, 0.05) is 18.1 Å². The number of aliphatic imine (C=N–C) groups is 1. The summed E-state index contributed by atoms with van der Waals surface area (Å²) in [4.78, 5) is 4.00. The Hall–Kier alpha value is -1.74. The summed E-state index contributed by atoms with van der Waals surface area (Å²) in [7, 11) is 0. The summed E-state index contributed by atoms with van der Waals surface area (Å²) >= 11 is 5.94. The van der Waals surface area contributed by atoms with Crippen molar-refractivity contribution in [2.45, 2.75) is 20.8 Å². The molecule has 0 atom stereocenters. The molecule has 0 fully saturated rings. The minimum atomic E-state index is 0.414. The van der Waals surface area contributed by atoms with Crippen molar-refractivity contribution in [1.82, 2.24) is 0 Å². The molecule has 0 aromatic heterocycles. The zero-order valence-corrected chi connectivity index (χ0v) is 12.4. The van der Waals surface area contributed by atoms with Crippen molar-refractivity contribution >= 4 is 23.5 Å². The molecular formula is C15H21ClN2O. The third-order valence-electron chi connectivity index (χ3n) is 1.85. The third-order valence-corrected chi connectivity index (χ3v) is 2.14. The van der Waals surface area contributed by atoms with Crippen molar-refractivity contribution in [3.8, 4) is 5.75 Å². The fraction of sp³-hybridized carbons (Fsp3) is 0.267.